The highest BCUT2D eigenvalue weighted by atomic mass is 35.5. The van der Waals surface area contributed by atoms with Gasteiger partial charge < -0.3 is 20.1 Å². The molecule has 3 N–H and O–H groups in total. The number of benzene rings is 3. The van der Waals surface area contributed by atoms with Crippen molar-refractivity contribution in [2.75, 3.05) is 23.8 Å². The molecule has 3 aromatic rings. The number of ether oxygens (including phenoxy) is 2. The Morgan fingerprint density at radius 2 is 1.68 bits per heavy atom. The molecule has 10 heteroatoms. The topological polar surface area (TPSA) is 118 Å². The predicted molar refractivity (Wildman–Crippen MR) is 148 cm³/mol. The van der Waals surface area contributed by atoms with Gasteiger partial charge >= 0.3 is 11.8 Å². The zero-order chi connectivity index (χ0) is 27.3. The highest BCUT2D eigenvalue weighted by molar-refractivity contribution is 6.39. The number of hydrazone groups is 1. The largest absolute Gasteiger partial charge is 0.494 e. The van der Waals surface area contributed by atoms with Gasteiger partial charge in [-0.1, -0.05) is 43.1 Å². The van der Waals surface area contributed by atoms with Gasteiger partial charge in [0, 0.05) is 16.4 Å². The lowest BCUT2D eigenvalue weighted by Gasteiger charge is -2.10. The summed E-state index contributed by atoms with van der Waals surface area (Å²) in [5.41, 5.74) is 4.60. The van der Waals surface area contributed by atoms with Crippen molar-refractivity contribution in [3.8, 4) is 11.5 Å². The molecule has 0 aliphatic carbocycles. The van der Waals surface area contributed by atoms with E-state index in [1.165, 1.54) is 6.21 Å². The fraction of sp³-hybridized carbons (Fsp3) is 0.214. The molecule has 0 aliphatic heterocycles. The van der Waals surface area contributed by atoms with Gasteiger partial charge in [-0.15, -0.1) is 0 Å². The quantitative estimate of drug-likeness (QED) is 0.139. The van der Waals surface area contributed by atoms with Crippen LogP contribution in [-0.4, -0.2) is 37.1 Å². The molecule has 0 bridgehead atoms. The van der Waals surface area contributed by atoms with Gasteiger partial charge in [-0.05, 0) is 73.0 Å². The summed E-state index contributed by atoms with van der Waals surface area (Å²) >= 11 is 6.08. The molecule has 3 aromatic carbocycles. The molecule has 0 saturated carbocycles. The van der Waals surface area contributed by atoms with Gasteiger partial charge in [0.2, 0.25) is 0 Å². The van der Waals surface area contributed by atoms with Crippen molar-refractivity contribution < 1.29 is 23.9 Å². The third kappa shape index (κ3) is 8.94. The Balaban J connectivity index is 1.45. The molecule has 0 spiro atoms. The van der Waals surface area contributed by atoms with Crippen LogP contribution >= 0.6 is 11.6 Å². The van der Waals surface area contributed by atoms with E-state index >= 15 is 0 Å². The fourth-order valence-corrected chi connectivity index (χ4v) is 3.31. The van der Waals surface area contributed by atoms with Crippen LogP contribution in [-0.2, 0) is 14.4 Å². The van der Waals surface area contributed by atoms with E-state index in [4.69, 9.17) is 21.1 Å². The summed E-state index contributed by atoms with van der Waals surface area (Å²) in [6.07, 6.45) is 3.35. The summed E-state index contributed by atoms with van der Waals surface area (Å²) in [5.74, 6) is -1.01. The number of carbonyl (C=O) groups is 3. The first-order chi connectivity index (χ1) is 18.4. The summed E-state index contributed by atoms with van der Waals surface area (Å²) < 4.78 is 11.1. The normalized spacial score (nSPS) is 10.6. The van der Waals surface area contributed by atoms with Crippen molar-refractivity contribution in [1.82, 2.24) is 5.43 Å². The number of halogens is 1. The second-order valence-electron chi connectivity index (χ2n) is 8.20. The Hall–Kier alpha value is -4.37. The van der Waals surface area contributed by atoms with Crippen molar-refractivity contribution in [1.29, 1.82) is 0 Å². The van der Waals surface area contributed by atoms with Crippen LogP contribution < -0.4 is 25.5 Å². The van der Waals surface area contributed by atoms with E-state index in [1.54, 1.807) is 66.7 Å². The Morgan fingerprint density at radius 1 is 0.921 bits per heavy atom. The average Bonchev–Trinajstić information content (AvgIpc) is 2.91. The van der Waals surface area contributed by atoms with E-state index in [0.717, 1.165) is 18.4 Å². The maximum Gasteiger partial charge on any atom is 0.329 e. The Bertz CT molecular complexity index is 1290. The van der Waals surface area contributed by atoms with Gasteiger partial charge in [0.25, 0.3) is 5.91 Å². The molecule has 0 fully saturated rings. The molecule has 0 aliphatic rings. The number of unbranched alkanes of at least 4 members (excludes halogenated alkanes) is 1. The lowest BCUT2D eigenvalue weighted by atomic mass is 10.2. The molecule has 3 amide bonds. The second-order valence-corrected chi connectivity index (χ2v) is 8.61. The Morgan fingerprint density at radius 3 is 2.45 bits per heavy atom. The standard InChI is InChI=1S/C28H29ClN4O5/c1-3-4-15-37-22-13-11-21(12-14-22)31-27(35)28(36)33-30-17-20-7-5-8-23(16-20)38-18-26(34)32-25-10-6-9-24(29)19(25)2/h5-14,16-17H,3-4,15,18H2,1-2H3,(H,31,35)(H,32,34)(H,33,36)/b30-17-. The van der Waals surface area contributed by atoms with Crippen LogP contribution in [0.4, 0.5) is 11.4 Å². The first-order valence-electron chi connectivity index (χ1n) is 12.0. The van der Waals surface area contributed by atoms with Crippen molar-refractivity contribution >= 4 is 46.9 Å². The maximum atomic E-state index is 12.2. The third-order valence-electron chi connectivity index (χ3n) is 5.23. The van der Waals surface area contributed by atoms with E-state index in [9.17, 15) is 14.4 Å². The van der Waals surface area contributed by atoms with Crippen LogP contribution in [0.1, 0.15) is 30.9 Å². The lowest BCUT2D eigenvalue weighted by Crippen LogP contribution is -2.32. The van der Waals surface area contributed by atoms with Crippen LogP contribution in [0.15, 0.2) is 71.8 Å². The van der Waals surface area contributed by atoms with E-state index < -0.39 is 11.8 Å². The number of carbonyl (C=O) groups excluding carboxylic acids is 3. The van der Waals surface area contributed by atoms with Gasteiger partial charge in [0.1, 0.15) is 11.5 Å². The van der Waals surface area contributed by atoms with E-state index in [-0.39, 0.29) is 12.5 Å². The molecule has 198 valence electrons. The van der Waals surface area contributed by atoms with E-state index in [1.807, 2.05) is 6.92 Å². The van der Waals surface area contributed by atoms with Gasteiger partial charge in [-0.25, -0.2) is 5.43 Å². The lowest BCUT2D eigenvalue weighted by molar-refractivity contribution is -0.136. The van der Waals surface area contributed by atoms with Crippen LogP contribution in [0.5, 0.6) is 11.5 Å². The molecule has 9 nitrogen and oxygen atoms in total. The fourth-order valence-electron chi connectivity index (χ4n) is 3.14. The van der Waals surface area contributed by atoms with Crippen LogP contribution in [0, 0.1) is 6.92 Å². The maximum absolute atomic E-state index is 12.2. The highest BCUT2D eigenvalue weighted by Crippen LogP contribution is 2.23. The van der Waals surface area contributed by atoms with Crippen LogP contribution in [0.3, 0.4) is 0 Å². The van der Waals surface area contributed by atoms with Crippen LogP contribution in [0.25, 0.3) is 0 Å². The number of hydrogen-bond donors (Lipinski definition) is 3. The minimum absolute atomic E-state index is 0.213. The monoisotopic (exact) mass is 536 g/mol. The minimum Gasteiger partial charge on any atom is -0.494 e. The number of anilines is 2. The average molecular weight is 537 g/mol. The Labute approximate surface area is 226 Å². The van der Waals surface area contributed by atoms with E-state index in [0.29, 0.717) is 40.1 Å². The third-order valence-corrected chi connectivity index (χ3v) is 5.64. The number of amides is 3. The number of nitrogens with zero attached hydrogens (tertiary/aromatic N) is 1. The number of nitrogens with one attached hydrogen (secondary N) is 3. The zero-order valence-electron chi connectivity index (χ0n) is 21.1. The first-order valence-corrected chi connectivity index (χ1v) is 12.4. The van der Waals surface area contributed by atoms with Gasteiger partial charge in [-0.2, -0.15) is 5.10 Å². The molecule has 3 rings (SSSR count). The van der Waals surface area contributed by atoms with Crippen molar-refractivity contribution in [2.24, 2.45) is 5.10 Å². The summed E-state index contributed by atoms with van der Waals surface area (Å²) in [7, 11) is 0. The predicted octanol–water partition coefficient (Wildman–Crippen LogP) is 4.93. The minimum atomic E-state index is -0.926. The smallest absolute Gasteiger partial charge is 0.329 e. The van der Waals surface area contributed by atoms with Gasteiger partial charge in [0.15, 0.2) is 6.61 Å². The first kappa shape index (κ1) is 28.2. The molecule has 0 unspecified atom stereocenters. The van der Waals surface area contributed by atoms with Crippen molar-refractivity contribution in [3.05, 3.63) is 82.9 Å². The molecular weight excluding hydrogens is 508 g/mol. The molecule has 0 aromatic heterocycles. The van der Waals surface area contributed by atoms with Crippen molar-refractivity contribution in [3.63, 3.8) is 0 Å². The number of hydrogen-bond acceptors (Lipinski definition) is 6. The molecule has 0 saturated heterocycles. The van der Waals surface area contributed by atoms with Crippen molar-refractivity contribution in [2.45, 2.75) is 26.7 Å². The zero-order valence-corrected chi connectivity index (χ0v) is 21.9. The van der Waals surface area contributed by atoms with E-state index in [2.05, 4.69) is 28.1 Å². The second kappa shape index (κ2) is 14.4. The summed E-state index contributed by atoms with van der Waals surface area (Å²) in [4.78, 5) is 36.5. The van der Waals surface area contributed by atoms with Gasteiger partial charge in [0.05, 0.1) is 12.8 Å². The molecule has 0 radical (unpaired) electrons. The highest BCUT2D eigenvalue weighted by Gasteiger charge is 2.13. The summed E-state index contributed by atoms with van der Waals surface area (Å²) in [6.45, 7) is 4.30. The van der Waals surface area contributed by atoms with Gasteiger partial charge in [-0.3, -0.25) is 14.4 Å². The summed E-state index contributed by atoms with van der Waals surface area (Å²) in [6, 6.07) is 18.7. The number of rotatable bonds is 11. The molecule has 38 heavy (non-hydrogen) atoms. The molecule has 0 atom stereocenters. The van der Waals surface area contributed by atoms with Crippen LogP contribution in [0.2, 0.25) is 5.02 Å². The summed E-state index contributed by atoms with van der Waals surface area (Å²) in [5, 5.41) is 9.63. The molecular formula is C28H29ClN4O5. The SMILES string of the molecule is CCCCOc1ccc(NC(=O)C(=O)N/N=C\c2cccc(OCC(=O)Nc3cccc(Cl)c3C)c2)cc1. The molecule has 0 heterocycles. The Kier molecular flexibility index (Phi) is 10.7.